The van der Waals surface area contributed by atoms with E-state index in [9.17, 15) is 9.18 Å². The highest BCUT2D eigenvalue weighted by molar-refractivity contribution is 5.97. The summed E-state index contributed by atoms with van der Waals surface area (Å²) in [6, 6.07) is 16.8. The molecule has 2 aromatic carbocycles. The average Bonchev–Trinajstić information content (AvgIpc) is 3.47. The largest absolute Gasteiger partial charge is 0.334 e. The second-order valence-electron chi connectivity index (χ2n) is 7.11. The molecule has 1 fully saturated rings. The summed E-state index contributed by atoms with van der Waals surface area (Å²) in [6.07, 6.45) is 4.62. The quantitative estimate of drug-likeness (QED) is 0.727. The van der Waals surface area contributed by atoms with Crippen LogP contribution in [0.2, 0.25) is 0 Å². The maximum atomic E-state index is 14.0. The van der Waals surface area contributed by atoms with E-state index in [2.05, 4.69) is 28.4 Å². The van der Waals surface area contributed by atoms with Gasteiger partial charge in [0.15, 0.2) is 5.69 Å². The van der Waals surface area contributed by atoms with Crippen LogP contribution in [0.4, 0.5) is 4.39 Å². The molecule has 1 atom stereocenters. The van der Waals surface area contributed by atoms with Gasteiger partial charge in [0.1, 0.15) is 5.82 Å². The molecule has 1 aromatic heterocycles. The summed E-state index contributed by atoms with van der Waals surface area (Å²) in [6.45, 7) is 1.59. The van der Waals surface area contributed by atoms with Gasteiger partial charge in [-0.05, 0) is 23.3 Å². The van der Waals surface area contributed by atoms with E-state index in [1.807, 2.05) is 30.3 Å². The summed E-state index contributed by atoms with van der Waals surface area (Å²) in [5.74, 6) is -0.292. The van der Waals surface area contributed by atoms with Gasteiger partial charge in [0.2, 0.25) is 0 Å². The molecular weight excluding hydrogens is 341 g/mol. The summed E-state index contributed by atoms with van der Waals surface area (Å²) < 4.78 is 14.0. The van der Waals surface area contributed by atoms with Gasteiger partial charge in [-0.1, -0.05) is 54.6 Å². The number of halogens is 1. The molecule has 1 amide bonds. The molecule has 0 saturated carbocycles. The number of carbonyl (C=O) groups excluding carboxylic acids is 1. The molecule has 0 spiro atoms. The summed E-state index contributed by atoms with van der Waals surface area (Å²) in [4.78, 5) is 14.2. The van der Waals surface area contributed by atoms with Gasteiger partial charge >= 0.3 is 0 Å². The first-order valence-electron chi connectivity index (χ1n) is 9.05. The lowest BCUT2D eigenvalue weighted by atomic mass is 9.68. The second-order valence-corrected chi connectivity index (χ2v) is 7.11. The number of rotatable bonds is 3. The van der Waals surface area contributed by atoms with Crippen LogP contribution in [-0.2, 0) is 11.8 Å². The number of hydrogen-bond acceptors (Lipinski definition) is 2. The summed E-state index contributed by atoms with van der Waals surface area (Å²) in [5, 5.41) is 7.34. The fraction of sp³-hybridized carbons (Fsp3) is 0.182. The standard InChI is InChI=1S/C22H18FN3O/c23-17-8-4-7-16(13-17)22(15-5-2-1-3-6-15)10-9-18-19(14-22)24-25-20(18)21(27)26-11-12-26/h1-10,13H,11-12,14H2,(H,24,25). The van der Waals surface area contributed by atoms with Gasteiger partial charge in [0, 0.05) is 36.2 Å². The molecule has 1 unspecified atom stereocenters. The summed E-state index contributed by atoms with van der Waals surface area (Å²) in [5.41, 5.74) is 3.66. The van der Waals surface area contributed by atoms with Crippen LogP contribution in [0.1, 0.15) is 32.9 Å². The number of aromatic amines is 1. The lowest BCUT2D eigenvalue weighted by Crippen LogP contribution is -2.30. The SMILES string of the molecule is O=C(c1n[nH]c2c1C=CC(c1ccccc1)(c1cccc(F)c1)C2)N1CC1. The van der Waals surface area contributed by atoms with Crippen LogP contribution < -0.4 is 0 Å². The van der Waals surface area contributed by atoms with Crippen molar-refractivity contribution in [3.63, 3.8) is 0 Å². The zero-order valence-electron chi connectivity index (χ0n) is 14.7. The van der Waals surface area contributed by atoms with E-state index in [-0.39, 0.29) is 11.7 Å². The molecule has 5 rings (SSSR count). The van der Waals surface area contributed by atoms with Gasteiger partial charge in [-0.25, -0.2) is 4.39 Å². The summed E-state index contributed by atoms with van der Waals surface area (Å²) >= 11 is 0. The number of fused-ring (bicyclic) bond motifs is 1. The molecular formula is C22H18FN3O. The van der Waals surface area contributed by atoms with E-state index >= 15 is 0 Å². The van der Waals surface area contributed by atoms with Gasteiger partial charge in [-0.15, -0.1) is 0 Å². The van der Waals surface area contributed by atoms with Crippen LogP contribution in [0.3, 0.4) is 0 Å². The molecule has 0 radical (unpaired) electrons. The highest BCUT2D eigenvalue weighted by Gasteiger charge is 2.38. The van der Waals surface area contributed by atoms with E-state index in [0.29, 0.717) is 12.1 Å². The van der Waals surface area contributed by atoms with Gasteiger partial charge in [-0.2, -0.15) is 5.10 Å². The lowest BCUT2D eigenvalue weighted by Gasteiger charge is -2.34. The third-order valence-corrected chi connectivity index (χ3v) is 5.44. The molecule has 2 heterocycles. The number of nitrogens with zero attached hydrogens (tertiary/aromatic N) is 2. The first-order valence-corrected chi connectivity index (χ1v) is 9.05. The first kappa shape index (κ1) is 16.0. The van der Waals surface area contributed by atoms with Crippen LogP contribution in [-0.4, -0.2) is 34.1 Å². The second kappa shape index (κ2) is 5.91. The molecule has 1 N–H and O–H groups in total. The molecule has 2 aliphatic rings. The number of nitrogens with one attached hydrogen (secondary N) is 1. The molecule has 1 aliphatic carbocycles. The highest BCUT2D eigenvalue weighted by atomic mass is 19.1. The molecule has 1 aliphatic heterocycles. The first-order chi connectivity index (χ1) is 13.2. The minimum atomic E-state index is -0.511. The van der Waals surface area contributed by atoms with Crippen LogP contribution in [0.5, 0.6) is 0 Å². The third-order valence-electron chi connectivity index (χ3n) is 5.44. The van der Waals surface area contributed by atoms with Crippen molar-refractivity contribution in [2.24, 2.45) is 0 Å². The zero-order valence-corrected chi connectivity index (χ0v) is 14.7. The van der Waals surface area contributed by atoms with Crippen molar-refractivity contribution in [1.82, 2.24) is 15.1 Å². The maximum absolute atomic E-state index is 14.0. The van der Waals surface area contributed by atoms with Crippen molar-refractivity contribution >= 4 is 12.0 Å². The number of hydrogen-bond donors (Lipinski definition) is 1. The van der Waals surface area contributed by atoms with E-state index < -0.39 is 5.41 Å². The predicted molar refractivity (Wildman–Crippen MR) is 101 cm³/mol. The van der Waals surface area contributed by atoms with Gasteiger partial charge in [-0.3, -0.25) is 9.89 Å². The Morgan fingerprint density at radius 2 is 1.85 bits per heavy atom. The van der Waals surface area contributed by atoms with Crippen molar-refractivity contribution < 1.29 is 9.18 Å². The predicted octanol–water partition coefficient (Wildman–Crippen LogP) is 3.56. The Morgan fingerprint density at radius 3 is 2.59 bits per heavy atom. The number of carbonyl (C=O) groups is 1. The molecule has 0 bridgehead atoms. The number of amides is 1. The number of benzene rings is 2. The van der Waals surface area contributed by atoms with E-state index in [4.69, 9.17) is 0 Å². The lowest BCUT2D eigenvalue weighted by molar-refractivity contribution is 0.0880. The minimum absolute atomic E-state index is 0.0323. The topological polar surface area (TPSA) is 48.8 Å². The number of H-pyrrole nitrogens is 1. The van der Waals surface area contributed by atoms with E-state index in [0.717, 1.165) is 35.5 Å². The Hall–Kier alpha value is -3.21. The maximum Gasteiger partial charge on any atom is 0.275 e. The number of aromatic nitrogens is 2. The van der Waals surface area contributed by atoms with Crippen LogP contribution in [0.25, 0.3) is 6.08 Å². The molecule has 3 aromatic rings. The van der Waals surface area contributed by atoms with Crippen LogP contribution in [0, 0.1) is 5.82 Å². The Kier molecular flexibility index (Phi) is 3.50. The molecule has 5 heteroatoms. The van der Waals surface area contributed by atoms with E-state index in [1.165, 1.54) is 6.07 Å². The molecule has 27 heavy (non-hydrogen) atoms. The summed E-state index contributed by atoms with van der Waals surface area (Å²) in [7, 11) is 0. The third kappa shape index (κ3) is 2.58. The Labute approximate surface area is 156 Å². The normalized spacial score (nSPS) is 20.4. The zero-order chi connectivity index (χ0) is 18.4. The fourth-order valence-electron chi connectivity index (χ4n) is 3.90. The van der Waals surface area contributed by atoms with Gasteiger partial charge in [0.05, 0.1) is 0 Å². The van der Waals surface area contributed by atoms with Crippen LogP contribution in [0.15, 0.2) is 60.7 Å². The molecule has 4 nitrogen and oxygen atoms in total. The monoisotopic (exact) mass is 359 g/mol. The average molecular weight is 359 g/mol. The Balaban J connectivity index is 1.64. The van der Waals surface area contributed by atoms with Gasteiger partial charge < -0.3 is 4.90 Å². The van der Waals surface area contributed by atoms with Gasteiger partial charge in [0.25, 0.3) is 5.91 Å². The van der Waals surface area contributed by atoms with Crippen molar-refractivity contribution in [1.29, 1.82) is 0 Å². The van der Waals surface area contributed by atoms with Crippen molar-refractivity contribution in [2.75, 3.05) is 13.1 Å². The van der Waals surface area contributed by atoms with Crippen molar-refractivity contribution in [3.05, 3.63) is 94.6 Å². The highest BCUT2D eigenvalue weighted by Crippen LogP contribution is 2.42. The number of allylic oxidation sites excluding steroid dienone is 1. The van der Waals surface area contributed by atoms with E-state index in [1.54, 1.807) is 17.0 Å². The van der Waals surface area contributed by atoms with Crippen molar-refractivity contribution in [2.45, 2.75) is 11.8 Å². The fourth-order valence-corrected chi connectivity index (χ4v) is 3.90. The minimum Gasteiger partial charge on any atom is -0.334 e. The van der Waals surface area contributed by atoms with Crippen LogP contribution >= 0.6 is 0 Å². The molecule has 134 valence electrons. The smallest absolute Gasteiger partial charge is 0.275 e. The Bertz CT molecular complexity index is 1050. The Morgan fingerprint density at radius 1 is 1.07 bits per heavy atom. The van der Waals surface area contributed by atoms with Crippen molar-refractivity contribution in [3.8, 4) is 0 Å². The molecule has 1 saturated heterocycles.